The summed E-state index contributed by atoms with van der Waals surface area (Å²) < 4.78 is 3.87. The Labute approximate surface area is 158 Å². The Morgan fingerprint density at radius 2 is 2.00 bits per heavy atom. The number of benzene rings is 1. The molecule has 3 aromatic rings. The normalized spacial score (nSPS) is 17.3. The number of rotatable bonds is 3. The van der Waals surface area contributed by atoms with Crippen molar-refractivity contribution in [2.75, 3.05) is 19.6 Å². The number of aromatic nitrogens is 4. The third-order valence-electron chi connectivity index (χ3n) is 5.03. The molecule has 1 aromatic carbocycles. The van der Waals surface area contributed by atoms with E-state index >= 15 is 0 Å². The first kappa shape index (κ1) is 17.5. The summed E-state index contributed by atoms with van der Waals surface area (Å²) in [5, 5.41) is 7.87. The highest BCUT2D eigenvalue weighted by atomic mass is 16.2. The van der Waals surface area contributed by atoms with Crippen LogP contribution in [0.25, 0.3) is 5.69 Å². The lowest BCUT2D eigenvalue weighted by Gasteiger charge is -2.35. The maximum Gasteiger partial charge on any atom is 0.254 e. The molecule has 0 radical (unpaired) electrons. The highest BCUT2D eigenvalue weighted by Gasteiger charge is 2.31. The molecule has 1 atom stereocenters. The van der Waals surface area contributed by atoms with Crippen LogP contribution in [-0.2, 0) is 7.05 Å². The van der Waals surface area contributed by atoms with Gasteiger partial charge in [0.25, 0.3) is 5.91 Å². The van der Waals surface area contributed by atoms with E-state index in [1.165, 1.54) is 0 Å². The zero-order valence-electron chi connectivity index (χ0n) is 15.9. The summed E-state index contributed by atoms with van der Waals surface area (Å²) >= 11 is 0. The molecule has 4 rings (SSSR count). The predicted octanol–water partition coefficient (Wildman–Crippen LogP) is 2.01. The lowest BCUT2D eigenvalue weighted by atomic mass is 10.1. The number of amides is 1. The molecule has 0 bridgehead atoms. The van der Waals surface area contributed by atoms with Gasteiger partial charge in [0, 0.05) is 50.3 Å². The minimum Gasteiger partial charge on any atom is -0.336 e. The summed E-state index contributed by atoms with van der Waals surface area (Å²) in [6.45, 7) is 6.16. The van der Waals surface area contributed by atoms with Gasteiger partial charge in [-0.15, -0.1) is 0 Å². The number of imidazole rings is 1. The molecule has 1 N–H and O–H groups in total. The molecule has 7 nitrogen and oxygen atoms in total. The van der Waals surface area contributed by atoms with Gasteiger partial charge in [-0.25, -0.2) is 9.67 Å². The van der Waals surface area contributed by atoms with Gasteiger partial charge in [0.1, 0.15) is 11.9 Å². The number of carbonyl (C=O) groups excluding carboxylic acids is 1. The summed E-state index contributed by atoms with van der Waals surface area (Å²) in [5.41, 5.74) is 3.69. The highest BCUT2D eigenvalue weighted by molar-refractivity contribution is 5.94. The van der Waals surface area contributed by atoms with Crippen LogP contribution < -0.4 is 5.32 Å². The zero-order chi connectivity index (χ0) is 19.0. The van der Waals surface area contributed by atoms with Crippen molar-refractivity contribution in [3.8, 4) is 5.69 Å². The van der Waals surface area contributed by atoms with Crippen molar-refractivity contribution in [3.05, 3.63) is 65.5 Å². The molecule has 0 spiro atoms. The third-order valence-corrected chi connectivity index (χ3v) is 5.03. The van der Waals surface area contributed by atoms with Gasteiger partial charge < -0.3 is 14.8 Å². The Kier molecular flexibility index (Phi) is 4.53. The topological polar surface area (TPSA) is 68.0 Å². The van der Waals surface area contributed by atoms with E-state index in [9.17, 15) is 4.79 Å². The van der Waals surface area contributed by atoms with Crippen molar-refractivity contribution in [2.24, 2.45) is 7.05 Å². The standard InChI is InChI=1S/C20H24N6O/c1-14-12-15(2)26(23-14)17-6-4-16(5-7-17)20(27)25-11-8-21-13-18(25)19-22-9-10-24(19)3/h4-7,9-10,12,18,21H,8,11,13H2,1-3H3. The van der Waals surface area contributed by atoms with Crippen LogP contribution in [0.1, 0.15) is 33.6 Å². The first-order valence-electron chi connectivity index (χ1n) is 9.17. The maximum absolute atomic E-state index is 13.2. The van der Waals surface area contributed by atoms with E-state index in [1.807, 2.05) is 71.6 Å². The molecule has 0 aliphatic carbocycles. The van der Waals surface area contributed by atoms with Gasteiger partial charge in [0.05, 0.1) is 11.4 Å². The fourth-order valence-corrected chi connectivity index (χ4v) is 3.68. The molecule has 2 aromatic heterocycles. The van der Waals surface area contributed by atoms with Crippen LogP contribution in [0, 0.1) is 13.8 Å². The Balaban J connectivity index is 1.59. The van der Waals surface area contributed by atoms with Crippen LogP contribution >= 0.6 is 0 Å². The van der Waals surface area contributed by atoms with Crippen LogP contribution in [0.3, 0.4) is 0 Å². The second-order valence-corrected chi connectivity index (χ2v) is 7.00. The molecule has 1 amide bonds. The molecule has 1 aliphatic heterocycles. The van der Waals surface area contributed by atoms with Crippen LogP contribution in [0.5, 0.6) is 0 Å². The molecule has 27 heavy (non-hydrogen) atoms. The van der Waals surface area contributed by atoms with Crippen LogP contribution in [0.15, 0.2) is 42.7 Å². The molecular formula is C20H24N6O. The van der Waals surface area contributed by atoms with Gasteiger partial charge >= 0.3 is 0 Å². The van der Waals surface area contributed by atoms with Crippen LogP contribution in [0.4, 0.5) is 0 Å². The van der Waals surface area contributed by atoms with Crippen molar-refractivity contribution < 1.29 is 4.79 Å². The van der Waals surface area contributed by atoms with Crippen LogP contribution in [-0.4, -0.2) is 49.8 Å². The van der Waals surface area contributed by atoms with E-state index in [2.05, 4.69) is 15.4 Å². The second kappa shape index (κ2) is 7.00. The van der Waals surface area contributed by atoms with Gasteiger partial charge in [-0.2, -0.15) is 5.10 Å². The zero-order valence-corrected chi connectivity index (χ0v) is 15.9. The number of carbonyl (C=O) groups is 1. The van der Waals surface area contributed by atoms with Crippen molar-refractivity contribution in [1.29, 1.82) is 0 Å². The maximum atomic E-state index is 13.2. The minimum atomic E-state index is -0.0677. The summed E-state index contributed by atoms with van der Waals surface area (Å²) in [6, 6.07) is 9.63. The van der Waals surface area contributed by atoms with E-state index in [0.717, 1.165) is 29.4 Å². The largest absolute Gasteiger partial charge is 0.336 e. The van der Waals surface area contributed by atoms with Gasteiger partial charge in [-0.05, 0) is 44.2 Å². The average Bonchev–Trinajstić information content (AvgIpc) is 3.26. The van der Waals surface area contributed by atoms with Crippen molar-refractivity contribution >= 4 is 5.91 Å². The van der Waals surface area contributed by atoms with Gasteiger partial charge in [0.2, 0.25) is 0 Å². The monoisotopic (exact) mass is 364 g/mol. The molecule has 7 heteroatoms. The van der Waals surface area contributed by atoms with E-state index < -0.39 is 0 Å². The minimum absolute atomic E-state index is 0.0319. The van der Waals surface area contributed by atoms with Gasteiger partial charge in [-0.1, -0.05) is 0 Å². The van der Waals surface area contributed by atoms with E-state index in [4.69, 9.17) is 0 Å². The molecule has 1 saturated heterocycles. The Morgan fingerprint density at radius 1 is 1.22 bits per heavy atom. The molecule has 140 valence electrons. The van der Waals surface area contributed by atoms with Crippen molar-refractivity contribution in [3.63, 3.8) is 0 Å². The van der Waals surface area contributed by atoms with Crippen LogP contribution in [0.2, 0.25) is 0 Å². The number of hydrogen-bond acceptors (Lipinski definition) is 4. The van der Waals surface area contributed by atoms with Crippen molar-refractivity contribution in [2.45, 2.75) is 19.9 Å². The molecule has 3 heterocycles. The van der Waals surface area contributed by atoms with E-state index in [0.29, 0.717) is 18.7 Å². The quantitative estimate of drug-likeness (QED) is 0.772. The average molecular weight is 364 g/mol. The number of nitrogens with zero attached hydrogens (tertiary/aromatic N) is 5. The van der Waals surface area contributed by atoms with E-state index in [1.54, 1.807) is 6.20 Å². The fourth-order valence-electron chi connectivity index (χ4n) is 3.68. The SMILES string of the molecule is Cc1cc(C)n(-c2ccc(C(=O)N3CCNCC3c3nccn3C)cc2)n1. The Bertz CT molecular complexity index is 955. The molecule has 1 fully saturated rings. The predicted molar refractivity (Wildman–Crippen MR) is 103 cm³/mol. The lowest BCUT2D eigenvalue weighted by molar-refractivity contribution is 0.0621. The molecular weight excluding hydrogens is 340 g/mol. The highest BCUT2D eigenvalue weighted by Crippen LogP contribution is 2.23. The first-order chi connectivity index (χ1) is 13.0. The number of piperazine rings is 1. The van der Waals surface area contributed by atoms with Gasteiger partial charge in [-0.3, -0.25) is 4.79 Å². The number of nitrogens with one attached hydrogen (secondary N) is 1. The summed E-state index contributed by atoms with van der Waals surface area (Å²) in [4.78, 5) is 19.5. The fraction of sp³-hybridized carbons (Fsp3) is 0.350. The molecule has 1 unspecified atom stereocenters. The Hall–Kier alpha value is -2.93. The smallest absolute Gasteiger partial charge is 0.254 e. The first-order valence-corrected chi connectivity index (χ1v) is 9.17. The summed E-state index contributed by atoms with van der Waals surface area (Å²) in [7, 11) is 1.96. The summed E-state index contributed by atoms with van der Waals surface area (Å²) in [6.07, 6.45) is 3.69. The molecule has 0 saturated carbocycles. The second-order valence-electron chi connectivity index (χ2n) is 7.00. The lowest BCUT2D eigenvalue weighted by Crippen LogP contribution is -2.49. The Morgan fingerprint density at radius 3 is 2.63 bits per heavy atom. The van der Waals surface area contributed by atoms with Gasteiger partial charge in [0.15, 0.2) is 0 Å². The summed E-state index contributed by atoms with van der Waals surface area (Å²) in [5.74, 6) is 0.930. The number of hydrogen-bond donors (Lipinski definition) is 1. The number of aryl methyl sites for hydroxylation is 3. The van der Waals surface area contributed by atoms with Crippen molar-refractivity contribution in [1.82, 2.24) is 29.5 Å². The van der Waals surface area contributed by atoms with E-state index in [-0.39, 0.29) is 11.9 Å². The molecule has 1 aliphatic rings. The third kappa shape index (κ3) is 3.26.